The second kappa shape index (κ2) is 10.6. The van der Waals surface area contributed by atoms with Crippen molar-refractivity contribution < 1.29 is 17.9 Å². The molecule has 2 fully saturated rings. The van der Waals surface area contributed by atoms with E-state index in [1.54, 1.807) is 24.3 Å². The third-order valence-electron chi connectivity index (χ3n) is 6.65. The van der Waals surface area contributed by atoms with Crippen LogP contribution in [0, 0.1) is 0 Å². The summed E-state index contributed by atoms with van der Waals surface area (Å²) in [6.45, 7) is 2.00. The monoisotopic (exact) mass is 559 g/mol. The number of rotatable bonds is 8. The molecule has 1 N–H and O–H groups in total. The van der Waals surface area contributed by atoms with Gasteiger partial charge in [-0.1, -0.05) is 53.5 Å². The van der Waals surface area contributed by atoms with Gasteiger partial charge in [0.1, 0.15) is 0 Å². The fourth-order valence-electron chi connectivity index (χ4n) is 4.80. The molecule has 0 aliphatic carbocycles. The SMILES string of the molecule is CS(=O)(=O)N(c1cccc(C(=O)NC2COC2)c1)C1CN(C(c2ccc(Cl)cc2)c2ccc(Cl)cc2)C1. The van der Waals surface area contributed by atoms with Gasteiger partial charge in [0, 0.05) is 28.7 Å². The van der Waals surface area contributed by atoms with Gasteiger partial charge in [-0.3, -0.25) is 14.0 Å². The Balaban J connectivity index is 1.39. The molecule has 0 bridgehead atoms. The average molecular weight is 561 g/mol. The lowest BCUT2D eigenvalue weighted by Gasteiger charge is -2.48. The highest BCUT2D eigenvalue weighted by Crippen LogP contribution is 2.36. The molecule has 1 amide bonds. The molecule has 37 heavy (non-hydrogen) atoms. The largest absolute Gasteiger partial charge is 0.377 e. The molecule has 2 aliphatic rings. The molecule has 3 aromatic carbocycles. The van der Waals surface area contributed by atoms with Gasteiger partial charge in [0.25, 0.3) is 5.91 Å². The van der Waals surface area contributed by atoms with Gasteiger partial charge in [-0.2, -0.15) is 0 Å². The lowest BCUT2D eigenvalue weighted by Crippen LogP contribution is -2.61. The highest BCUT2D eigenvalue weighted by Gasteiger charge is 2.41. The molecule has 2 saturated heterocycles. The van der Waals surface area contributed by atoms with E-state index >= 15 is 0 Å². The molecule has 3 aromatic rings. The Morgan fingerprint density at radius 1 is 0.973 bits per heavy atom. The van der Waals surface area contributed by atoms with E-state index in [0.717, 1.165) is 11.1 Å². The number of carbonyl (C=O) groups excluding carboxylic acids is 1. The lowest BCUT2D eigenvalue weighted by atomic mass is 9.93. The first-order valence-corrected chi connectivity index (χ1v) is 14.5. The summed E-state index contributed by atoms with van der Waals surface area (Å²) in [6, 6.07) is 21.7. The van der Waals surface area contributed by atoms with Crippen molar-refractivity contribution in [3.8, 4) is 0 Å². The summed E-state index contributed by atoms with van der Waals surface area (Å²) in [5.74, 6) is -0.246. The minimum absolute atomic E-state index is 0.0139. The molecule has 0 saturated carbocycles. The Hall–Kier alpha value is -2.62. The van der Waals surface area contributed by atoms with Gasteiger partial charge in [-0.05, 0) is 53.6 Å². The van der Waals surface area contributed by atoms with Crippen LogP contribution in [0.5, 0.6) is 0 Å². The fourth-order valence-corrected chi connectivity index (χ4v) is 6.22. The van der Waals surface area contributed by atoms with Crippen LogP contribution in [0.2, 0.25) is 10.0 Å². The third-order valence-corrected chi connectivity index (χ3v) is 8.38. The van der Waals surface area contributed by atoms with Crippen molar-refractivity contribution in [1.82, 2.24) is 10.2 Å². The van der Waals surface area contributed by atoms with Crippen molar-refractivity contribution in [3.05, 3.63) is 99.5 Å². The maximum atomic E-state index is 12.9. The number of nitrogens with zero attached hydrogens (tertiary/aromatic N) is 2. The van der Waals surface area contributed by atoms with Crippen LogP contribution in [0.1, 0.15) is 27.5 Å². The molecule has 0 spiro atoms. The zero-order valence-electron chi connectivity index (χ0n) is 20.2. The van der Waals surface area contributed by atoms with E-state index in [1.807, 2.05) is 48.5 Å². The topological polar surface area (TPSA) is 79.0 Å². The predicted molar refractivity (Wildman–Crippen MR) is 146 cm³/mol. The molecule has 0 atom stereocenters. The van der Waals surface area contributed by atoms with Crippen molar-refractivity contribution >= 4 is 44.8 Å². The number of halogens is 2. The molecule has 0 unspecified atom stereocenters. The number of benzene rings is 3. The van der Waals surface area contributed by atoms with E-state index in [4.69, 9.17) is 27.9 Å². The highest BCUT2D eigenvalue weighted by molar-refractivity contribution is 7.92. The minimum Gasteiger partial charge on any atom is -0.377 e. The Morgan fingerprint density at radius 2 is 1.54 bits per heavy atom. The van der Waals surface area contributed by atoms with Gasteiger partial charge in [0.15, 0.2) is 0 Å². The quantitative estimate of drug-likeness (QED) is 0.443. The number of amides is 1. The first kappa shape index (κ1) is 26.0. The molecule has 0 aromatic heterocycles. The highest BCUT2D eigenvalue weighted by atomic mass is 35.5. The number of likely N-dealkylation sites (tertiary alicyclic amines) is 1. The van der Waals surface area contributed by atoms with E-state index in [2.05, 4.69) is 10.2 Å². The fraction of sp³-hybridized carbons (Fsp3) is 0.296. The summed E-state index contributed by atoms with van der Waals surface area (Å²) in [5, 5.41) is 4.20. The number of carbonyl (C=O) groups is 1. The molecule has 10 heteroatoms. The van der Waals surface area contributed by atoms with Crippen LogP contribution in [-0.4, -0.2) is 63.9 Å². The standard InChI is InChI=1S/C27H27Cl2N3O4S/c1-37(34,35)32(24-4-2-3-20(13-24)27(33)30-23-16-36-17-23)25-14-31(15-25)26(18-5-9-21(28)10-6-18)19-7-11-22(29)12-8-19/h2-13,23,25-26H,14-17H2,1H3,(H,30,33). The molecule has 7 nitrogen and oxygen atoms in total. The van der Waals surface area contributed by atoms with Gasteiger partial charge in [0.2, 0.25) is 10.0 Å². The first-order valence-electron chi connectivity index (χ1n) is 11.9. The van der Waals surface area contributed by atoms with Crippen LogP contribution in [0.4, 0.5) is 5.69 Å². The third kappa shape index (κ3) is 5.78. The van der Waals surface area contributed by atoms with Gasteiger partial charge in [0.05, 0.1) is 43.3 Å². The van der Waals surface area contributed by atoms with E-state index in [1.165, 1.54) is 10.6 Å². The van der Waals surface area contributed by atoms with Crippen LogP contribution in [0.3, 0.4) is 0 Å². The number of hydrogen-bond acceptors (Lipinski definition) is 5. The zero-order chi connectivity index (χ0) is 26.2. The second-order valence-electron chi connectivity index (χ2n) is 9.43. The maximum absolute atomic E-state index is 12.9. The molecule has 2 aliphatic heterocycles. The maximum Gasteiger partial charge on any atom is 0.251 e. The Kier molecular flexibility index (Phi) is 7.47. The lowest BCUT2D eigenvalue weighted by molar-refractivity contribution is -0.00346. The van der Waals surface area contributed by atoms with Crippen molar-refractivity contribution in [2.75, 3.05) is 36.9 Å². The normalized spacial score (nSPS) is 16.8. The van der Waals surface area contributed by atoms with E-state index in [0.29, 0.717) is 47.6 Å². The number of nitrogens with one attached hydrogen (secondary N) is 1. The van der Waals surface area contributed by atoms with Crippen molar-refractivity contribution in [1.29, 1.82) is 0 Å². The Morgan fingerprint density at radius 3 is 2.03 bits per heavy atom. The van der Waals surface area contributed by atoms with Gasteiger partial charge >= 0.3 is 0 Å². The summed E-state index contributed by atoms with van der Waals surface area (Å²) in [5.41, 5.74) is 2.98. The Bertz CT molecular complexity index is 1330. The van der Waals surface area contributed by atoms with Crippen LogP contribution in [0.15, 0.2) is 72.8 Å². The number of ether oxygens (including phenoxy) is 1. The molecule has 2 heterocycles. The molecule has 0 radical (unpaired) electrons. The predicted octanol–water partition coefficient (Wildman–Crippen LogP) is 4.36. The van der Waals surface area contributed by atoms with Crippen molar-refractivity contribution in [3.63, 3.8) is 0 Å². The number of sulfonamides is 1. The van der Waals surface area contributed by atoms with Crippen LogP contribution < -0.4 is 9.62 Å². The number of hydrogen-bond donors (Lipinski definition) is 1. The van der Waals surface area contributed by atoms with Crippen LogP contribution >= 0.6 is 23.2 Å². The van der Waals surface area contributed by atoms with Gasteiger partial charge in [-0.15, -0.1) is 0 Å². The molecular formula is C27H27Cl2N3O4S. The van der Waals surface area contributed by atoms with Gasteiger partial charge < -0.3 is 10.1 Å². The van der Waals surface area contributed by atoms with Crippen LogP contribution in [-0.2, 0) is 14.8 Å². The van der Waals surface area contributed by atoms with E-state index in [9.17, 15) is 13.2 Å². The zero-order valence-corrected chi connectivity index (χ0v) is 22.5. The molecular weight excluding hydrogens is 533 g/mol. The summed E-state index contributed by atoms with van der Waals surface area (Å²) in [4.78, 5) is 14.9. The average Bonchev–Trinajstić information content (AvgIpc) is 2.81. The summed E-state index contributed by atoms with van der Waals surface area (Å²) < 4.78 is 32.4. The summed E-state index contributed by atoms with van der Waals surface area (Å²) in [6.07, 6.45) is 1.20. The summed E-state index contributed by atoms with van der Waals surface area (Å²) in [7, 11) is -3.61. The van der Waals surface area contributed by atoms with Crippen molar-refractivity contribution in [2.24, 2.45) is 0 Å². The Labute approximate surface area is 227 Å². The minimum atomic E-state index is -3.61. The molecule has 194 valence electrons. The van der Waals surface area contributed by atoms with Gasteiger partial charge in [-0.25, -0.2) is 8.42 Å². The van der Waals surface area contributed by atoms with E-state index in [-0.39, 0.29) is 24.0 Å². The van der Waals surface area contributed by atoms with E-state index < -0.39 is 10.0 Å². The second-order valence-corrected chi connectivity index (χ2v) is 12.2. The summed E-state index contributed by atoms with van der Waals surface area (Å²) >= 11 is 12.3. The molecule has 5 rings (SSSR count). The number of anilines is 1. The van der Waals surface area contributed by atoms with Crippen molar-refractivity contribution in [2.45, 2.75) is 18.1 Å². The first-order chi connectivity index (χ1) is 17.7. The smallest absolute Gasteiger partial charge is 0.251 e. The van der Waals surface area contributed by atoms with Crippen LogP contribution in [0.25, 0.3) is 0 Å².